The molecule has 0 spiro atoms. The molecular formula is C13H11ClO5. The Hall–Kier alpha value is -2.14. The average Bonchev–Trinajstić information content (AvgIpc) is 2.83. The zero-order valence-corrected chi connectivity index (χ0v) is 10.6. The van der Waals surface area contributed by atoms with Gasteiger partial charge >= 0.3 is 5.97 Å². The molecule has 100 valence electrons. The van der Waals surface area contributed by atoms with Gasteiger partial charge in [-0.25, -0.2) is 4.79 Å². The highest BCUT2D eigenvalue weighted by atomic mass is 35.5. The first-order valence-electron chi connectivity index (χ1n) is 5.43. The third kappa shape index (κ3) is 3.42. The topological polar surface area (TPSA) is 65.0 Å². The minimum atomic E-state index is -1.04. The summed E-state index contributed by atoms with van der Waals surface area (Å²) < 4.78 is 16.0. The van der Waals surface area contributed by atoms with Crippen molar-refractivity contribution in [3.05, 3.63) is 35.4 Å². The summed E-state index contributed by atoms with van der Waals surface area (Å²) in [6.45, 7) is 0.416. The van der Waals surface area contributed by atoms with Gasteiger partial charge < -0.3 is 19.3 Å². The first-order chi connectivity index (χ1) is 9.20. The Morgan fingerprint density at radius 2 is 2.16 bits per heavy atom. The number of carboxylic acid groups (broad SMARTS) is 1. The number of hydrogen-bond acceptors (Lipinski definition) is 4. The normalized spacial score (nSPS) is 13.3. The lowest BCUT2D eigenvalue weighted by Gasteiger charge is -2.08. The van der Waals surface area contributed by atoms with E-state index in [0.717, 1.165) is 6.08 Å². The molecule has 1 heterocycles. The Bertz CT molecular complexity index is 536. The van der Waals surface area contributed by atoms with Crippen molar-refractivity contribution in [2.75, 3.05) is 13.4 Å². The van der Waals surface area contributed by atoms with Crippen molar-refractivity contribution in [3.8, 4) is 17.2 Å². The number of ether oxygens (including phenoxy) is 3. The van der Waals surface area contributed by atoms with Crippen LogP contribution in [0.2, 0.25) is 0 Å². The van der Waals surface area contributed by atoms with Crippen molar-refractivity contribution in [1.82, 2.24) is 0 Å². The molecule has 1 aliphatic heterocycles. The molecule has 2 rings (SSSR count). The lowest BCUT2D eigenvalue weighted by molar-refractivity contribution is -0.131. The van der Waals surface area contributed by atoms with Crippen molar-refractivity contribution in [1.29, 1.82) is 0 Å². The van der Waals surface area contributed by atoms with Crippen LogP contribution in [-0.2, 0) is 4.79 Å². The Morgan fingerprint density at radius 3 is 2.84 bits per heavy atom. The van der Waals surface area contributed by atoms with Gasteiger partial charge in [-0.2, -0.15) is 0 Å². The zero-order chi connectivity index (χ0) is 13.7. The van der Waals surface area contributed by atoms with Crippen molar-refractivity contribution in [2.24, 2.45) is 0 Å². The van der Waals surface area contributed by atoms with Gasteiger partial charge in [0.2, 0.25) is 6.79 Å². The summed E-state index contributed by atoms with van der Waals surface area (Å²) in [7, 11) is 0. The second kappa shape index (κ2) is 6.15. The predicted molar refractivity (Wildman–Crippen MR) is 69.7 cm³/mol. The molecule has 0 amide bonds. The molecule has 0 unspecified atom stereocenters. The van der Waals surface area contributed by atoms with Crippen LogP contribution in [0.5, 0.6) is 17.2 Å². The third-order valence-electron chi connectivity index (χ3n) is 2.33. The maximum atomic E-state index is 10.6. The summed E-state index contributed by atoms with van der Waals surface area (Å²) in [6.07, 6.45) is 4.09. The Kier molecular flexibility index (Phi) is 4.30. The van der Waals surface area contributed by atoms with E-state index in [9.17, 15) is 4.79 Å². The van der Waals surface area contributed by atoms with Crippen molar-refractivity contribution >= 4 is 23.6 Å². The van der Waals surface area contributed by atoms with Crippen LogP contribution in [-0.4, -0.2) is 24.5 Å². The van der Waals surface area contributed by atoms with Crippen LogP contribution in [0.25, 0.3) is 6.08 Å². The highest BCUT2D eigenvalue weighted by Gasteiger charge is 2.17. The number of carbonyl (C=O) groups is 1. The van der Waals surface area contributed by atoms with Crippen LogP contribution in [0, 0.1) is 0 Å². The number of halogens is 1. The average molecular weight is 283 g/mol. The maximum Gasteiger partial charge on any atom is 0.328 e. The number of fused-ring (bicyclic) bond motifs is 1. The van der Waals surface area contributed by atoms with Crippen LogP contribution in [0.1, 0.15) is 5.56 Å². The van der Waals surface area contributed by atoms with Crippen LogP contribution in [0.15, 0.2) is 29.8 Å². The molecule has 19 heavy (non-hydrogen) atoms. The molecule has 0 bridgehead atoms. The van der Waals surface area contributed by atoms with Gasteiger partial charge in [-0.15, -0.1) is 0 Å². The fraction of sp³-hybridized carbons (Fsp3) is 0.154. The molecule has 0 aliphatic carbocycles. The monoisotopic (exact) mass is 282 g/mol. The van der Waals surface area contributed by atoms with Crippen LogP contribution >= 0.6 is 11.6 Å². The minimum absolute atomic E-state index is 0.141. The van der Waals surface area contributed by atoms with E-state index in [1.807, 2.05) is 0 Å². The molecule has 5 nitrogen and oxygen atoms in total. The summed E-state index contributed by atoms with van der Waals surface area (Å²) in [5.74, 6) is 0.586. The molecule has 1 N–H and O–H groups in total. The Labute approximate surface area is 114 Å². The molecule has 0 radical (unpaired) electrons. The van der Waals surface area contributed by atoms with E-state index < -0.39 is 5.97 Å². The summed E-state index contributed by atoms with van der Waals surface area (Å²) in [4.78, 5) is 10.6. The summed E-state index contributed by atoms with van der Waals surface area (Å²) in [6, 6.07) is 3.33. The van der Waals surface area contributed by atoms with Crippen molar-refractivity contribution in [2.45, 2.75) is 0 Å². The van der Waals surface area contributed by atoms with Crippen LogP contribution in [0.4, 0.5) is 0 Å². The van der Waals surface area contributed by atoms with Gasteiger partial charge in [0.1, 0.15) is 12.4 Å². The fourth-order valence-corrected chi connectivity index (χ4v) is 1.60. The Morgan fingerprint density at radius 1 is 1.42 bits per heavy atom. The lowest BCUT2D eigenvalue weighted by Crippen LogP contribution is -1.96. The fourth-order valence-electron chi connectivity index (χ4n) is 1.53. The zero-order valence-electron chi connectivity index (χ0n) is 9.84. The van der Waals surface area contributed by atoms with E-state index in [1.54, 1.807) is 18.2 Å². The first-order valence-corrected chi connectivity index (χ1v) is 5.87. The lowest BCUT2D eigenvalue weighted by atomic mass is 10.1. The highest BCUT2D eigenvalue weighted by Crippen LogP contribution is 2.38. The molecule has 1 aliphatic rings. The van der Waals surface area contributed by atoms with E-state index in [1.165, 1.54) is 11.6 Å². The van der Waals surface area contributed by atoms with Crippen LogP contribution in [0.3, 0.4) is 0 Å². The SMILES string of the molecule is O=C(O)C=Cc1cc2c(cc1OCC=CCl)OCO2. The minimum Gasteiger partial charge on any atom is -0.489 e. The van der Waals surface area contributed by atoms with Crippen molar-refractivity contribution in [3.63, 3.8) is 0 Å². The van der Waals surface area contributed by atoms with E-state index in [-0.39, 0.29) is 13.4 Å². The molecule has 0 saturated carbocycles. The molecule has 0 atom stereocenters. The summed E-state index contributed by atoms with van der Waals surface area (Å²) in [5.41, 5.74) is 1.94. The molecule has 0 fully saturated rings. The number of rotatable bonds is 5. The van der Waals surface area contributed by atoms with Gasteiger partial charge in [0.25, 0.3) is 0 Å². The maximum absolute atomic E-state index is 10.6. The van der Waals surface area contributed by atoms with Gasteiger partial charge in [0, 0.05) is 23.2 Å². The molecule has 1 aromatic rings. The van der Waals surface area contributed by atoms with Gasteiger partial charge in [-0.1, -0.05) is 11.6 Å². The first kappa shape index (κ1) is 13.3. The summed E-state index contributed by atoms with van der Waals surface area (Å²) in [5, 5.41) is 8.66. The summed E-state index contributed by atoms with van der Waals surface area (Å²) >= 11 is 5.41. The van der Waals surface area contributed by atoms with E-state index in [2.05, 4.69) is 0 Å². The molecule has 0 aromatic heterocycles. The molecule has 6 heteroatoms. The molecule has 0 saturated heterocycles. The quantitative estimate of drug-likeness (QED) is 0.841. The second-order valence-electron chi connectivity index (χ2n) is 3.59. The number of aliphatic carboxylic acids is 1. The molecule has 1 aromatic carbocycles. The van der Waals surface area contributed by atoms with Gasteiger partial charge in [0.15, 0.2) is 11.5 Å². The van der Waals surface area contributed by atoms with E-state index in [4.69, 9.17) is 30.9 Å². The number of carboxylic acids is 1. The number of benzene rings is 1. The van der Waals surface area contributed by atoms with E-state index >= 15 is 0 Å². The Balaban J connectivity index is 2.29. The van der Waals surface area contributed by atoms with E-state index in [0.29, 0.717) is 22.8 Å². The predicted octanol–water partition coefficient (Wildman–Crippen LogP) is 2.64. The van der Waals surface area contributed by atoms with Gasteiger partial charge in [-0.3, -0.25) is 0 Å². The van der Waals surface area contributed by atoms with Gasteiger partial charge in [-0.05, 0) is 18.2 Å². The van der Waals surface area contributed by atoms with Crippen molar-refractivity contribution < 1.29 is 24.1 Å². The third-order valence-corrected chi connectivity index (χ3v) is 2.51. The largest absolute Gasteiger partial charge is 0.489 e. The highest BCUT2D eigenvalue weighted by molar-refractivity contribution is 6.25. The standard InChI is InChI=1S/C13H11ClO5/c14-4-1-5-17-10-7-12-11(18-8-19-12)6-9(10)2-3-13(15)16/h1-4,6-7H,5,8H2,(H,15,16). The smallest absolute Gasteiger partial charge is 0.328 e. The number of hydrogen-bond donors (Lipinski definition) is 1. The molecular weight excluding hydrogens is 272 g/mol. The second-order valence-corrected chi connectivity index (χ2v) is 3.84. The van der Waals surface area contributed by atoms with Gasteiger partial charge in [0.05, 0.1) is 0 Å². The van der Waals surface area contributed by atoms with Crippen LogP contribution < -0.4 is 14.2 Å².